The summed E-state index contributed by atoms with van der Waals surface area (Å²) in [4.78, 5) is 21.3. The van der Waals surface area contributed by atoms with Gasteiger partial charge in [-0.3, -0.25) is 14.8 Å². The molecule has 0 aliphatic carbocycles. The quantitative estimate of drug-likeness (QED) is 0.703. The molecule has 170 valence electrons. The minimum absolute atomic E-state index is 0.000662. The van der Waals surface area contributed by atoms with Crippen molar-refractivity contribution in [1.29, 1.82) is 0 Å². The van der Waals surface area contributed by atoms with Crippen molar-refractivity contribution in [2.45, 2.75) is 43.4 Å². The fraction of sp³-hybridized carbons (Fsp3) is 0.435. The Balaban J connectivity index is 1.69. The lowest BCUT2D eigenvalue weighted by Crippen LogP contribution is -2.60. The summed E-state index contributed by atoms with van der Waals surface area (Å²) in [7, 11) is -3.73. The van der Waals surface area contributed by atoms with Crippen LogP contribution in [0.2, 0.25) is 0 Å². The Morgan fingerprint density at radius 1 is 1.22 bits per heavy atom. The number of aromatic nitrogens is 1. The molecule has 1 aromatic heterocycles. The van der Waals surface area contributed by atoms with Crippen LogP contribution in [0.4, 0.5) is 4.39 Å². The Labute approximate surface area is 186 Å². The first-order valence-corrected chi connectivity index (χ1v) is 12.1. The van der Waals surface area contributed by atoms with Crippen molar-refractivity contribution < 1.29 is 22.3 Å². The zero-order chi connectivity index (χ0) is 23.1. The molecule has 0 radical (unpaired) electrons. The van der Waals surface area contributed by atoms with Crippen molar-refractivity contribution in [1.82, 2.24) is 4.98 Å². The maximum Gasteiger partial charge on any atom is 0.185 e. The number of ether oxygens (including phenoxy) is 1. The average molecular weight is 460 g/mol. The van der Waals surface area contributed by atoms with Gasteiger partial charge in [0.1, 0.15) is 27.6 Å². The minimum Gasteiger partial charge on any atom is -0.386 e. The highest BCUT2D eigenvalue weighted by Gasteiger charge is 2.55. The number of aryl methyl sites for hydroxylation is 1. The number of aliphatic imine (C=N–C) groups is 1. The van der Waals surface area contributed by atoms with Crippen molar-refractivity contribution in [3.8, 4) is 0 Å². The third kappa shape index (κ3) is 3.84. The van der Waals surface area contributed by atoms with Crippen molar-refractivity contribution in [2.24, 2.45) is 10.7 Å². The number of rotatable bonds is 4. The van der Waals surface area contributed by atoms with E-state index in [-0.39, 0.29) is 55.4 Å². The smallest absolute Gasteiger partial charge is 0.185 e. The molecule has 1 aromatic carbocycles. The van der Waals surface area contributed by atoms with E-state index in [1.807, 2.05) is 6.92 Å². The minimum atomic E-state index is -3.73. The van der Waals surface area contributed by atoms with Gasteiger partial charge in [0.25, 0.3) is 0 Å². The van der Waals surface area contributed by atoms with E-state index in [4.69, 9.17) is 10.5 Å². The third-order valence-electron chi connectivity index (χ3n) is 6.37. The molecule has 2 N–H and O–H groups in total. The zero-order valence-corrected chi connectivity index (χ0v) is 18.9. The number of nitrogens with two attached hydrogens (primary N) is 1. The topological polar surface area (TPSA) is 112 Å². The highest BCUT2D eigenvalue weighted by Crippen LogP contribution is 2.42. The molecule has 2 aliphatic heterocycles. The fourth-order valence-corrected chi connectivity index (χ4v) is 6.87. The van der Waals surface area contributed by atoms with Gasteiger partial charge in [-0.05, 0) is 56.0 Å². The van der Waals surface area contributed by atoms with E-state index >= 15 is 0 Å². The molecule has 2 aliphatic rings. The zero-order valence-electron chi connectivity index (χ0n) is 18.1. The second-order valence-corrected chi connectivity index (χ2v) is 11.1. The Bertz CT molecular complexity index is 1190. The highest BCUT2D eigenvalue weighted by molar-refractivity contribution is 7.93. The highest BCUT2D eigenvalue weighted by atomic mass is 32.2. The number of hydrogen-bond donors (Lipinski definition) is 1. The predicted octanol–water partition coefficient (Wildman–Crippen LogP) is 2.50. The number of Topliss-reactive ketones (excluding diaryl/α,β-unsaturated/α-hetero) is 1. The molecule has 3 heterocycles. The maximum absolute atomic E-state index is 14.9. The van der Waals surface area contributed by atoms with Crippen molar-refractivity contribution >= 4 is 21.5 Å². The summed E-state index contributed by atoms with van der Waals surface area (Å²) in [5.74, 6) is -1.17. The van der Waals surface area contributed by atoms with Gasteiger partial charge in [0.15, 0.2) is 15.6 Å². The largest absolute Gasteiger partial charge is 0.386 e. The summed E-state index contributed by atoms with van der Waals surface area (Å²) in [6, 6.07) is 7.71. The molecule has 1 fully saturated rings. The summed E-state index contributed by atoms with van der Waals surface area (Å²) in [6.07, 6.45) is 2.09. The maximum atomic E-state index is 14.9. The Hall–Kier alpha value is -2.65. The van der Waals surface area contributed by atoms with Crippen LogP contribution in [0.25, 0.3) is 0 Å². The van der Waals surface area contributed by atoms with Crippen molar-refractivity contribution in [3.05, 3.63) is 64.7 Å². The molecule has 32 heavy (non-hydrogen) atoms. The SMILES string of the molecule is Cc1ccc(C(=O)Cc2ccc(F)c([C@]3(C)CS(=O)(=O)C4(CCOCC4)C(N)=N3)c2)nc1. The molecule has 9 heteroatoms. The number of hydrogen-bond acceptors (Lipinski definition) is 7. The van der Waals surface area contributed by atoms with Gasteiger partial charge in [-0.2, -0.15) is 0 Å². The van der Waals surface area contributed by atoms with Crippen LogP contribution in [-0.4, -0.2) is 48.7 Å². The molecule has 2 aromatic rings. The molecule has 0 saturated carbocycles. The number of sulfone groups is 1. The van der Waals surface area contributed by atoms with Gasteiger partial charge in [0, 0.05) is 31.4 Å². The molecular weight excluding hydrogens is 433 g/mol. The average Bonchev–Trinajstić information content (AvgIpc) is 2.74. The number of ketones is 1. The van der Waals surface area contributed by atoms with E-state index < -0.39 is 25.9 Å². The Kier molecular flexibility index (Phi) is 5.67. The van der Waals surface area contributed by atoms with Crippen LogP contribution in [0.15, 0.2) is 41.5 Å². The lowest BCUT2D eigenvalue weighted by atomic mass is 9.89. The first kappa shape index (κ1) is 22.5. The molecule has 4 rings (SSSR count). The summed E-state index contributed by atoms with van der Waals surface area (Å²) >= 11 is 0. The van der Waals surface area contributed by atoms with Gasteiger partial charge in [-0.25, -0.2) is 12.8 Å². The molecule has 7 nitrogen and oxygen atoms in total. The van der Waals surface area contributed by atoms with E-state index in [1.54, 1.807) is 25.3 Å². The van der Waals surface area contributed by atoms with E-state index in [9.17, 15) is 17.6 Å². The number of halogens is 1. The van der Waals surface area contributed by atoms with E-state index in [0.717, 1.165) is 5.56 Å². The van der Waals surface area contributed by atoms with Gasteiger partial charge in [0.05, 0.1) is 5.75 Å². The number of carbonyl (C=O) groups excluding carboxylic acids is 1. The molecule has 0 unspecified atom stereocenters. The third-order valence-corrected chi connectivity index (χ3v) is 9.12. The standard InChI is InChI=1S/C23H26FN3O4S/c1-15-3-6-19(26-13-15)20(28)12-16-4-5-18(24)17(11-16)22(2)14-32(29,30)23(21(25)27-22)7-9-31-10-8-23/h3-6,11,13H,7-10,12,14H2,1-2H3,(H2,25,27)/t22-/m0/s1. The van der Waals surface area contributed by atoms with Crippen LogP contribution in [0, 0.1) is 12.7 Å². The molecule has 1 atom stereocenters. The van der Waals surface area contributed by atoms with Crippen molar-refractivity contribution in [2.75, 3.05) is 19.0 Å². The second-order valence-electron chi connectivity index (χ2n) is 8.77. The number of pyridine rings is 1. The number of nitrogens with zero attached hydrogens (tertiary/aromatic N) is 2. The van der Waals surface area contributed by atoms with E-state index in [2.05, 4.69) is 9.98 Å². The normalized spacial score (nSPS) is 24.2. The Morgan fingerprint density at radius 2 is 1.94 bits per heavy atom. The van der Waals surface area contributed by atoms with Crippen LogP contribution in [0.3, 0.4) is 0 Å². The lowest BCUT2D eigenvalue weighted by Gasteiger charge is -2.43. The predicted molar refractivity (Wildman–Crippen MR) is 119 cm³/mol. The van der Waals surface area contributed by atoms with Crippen molar-refractivity contribution in [3.63, 3.8) is 0 Å². The van der Waals surface area contributed by atoms with Crippen LogP contribution >= 0.6 is 0 Å². The van der Waals surface area contributed by atoms with Crippen LogP contribution in [0.5, 0.6) is 0 Å². The fourth-order valence-electron chi connectivity index (χ4n) is 4.48. The summed E-state index contributed by atoms with van der Waals surface area (Å²) in [5, 5.41) is 0. The molecule has 0 amide bonds. The number of carbonyl (C=O) groups is 1. The summed E-state index contributed by atoms with van der Waals surface area (Å²) in [6.45, 7) is 4.01. The molecule has 1 spiro atoms. The van der Waals surface area contributed by atoms with E-state index in [1.165, 1.54) is 18.2 Å². The second kappa shape index (κ2) is 8.04. The number of benzene rings is 1. The van der Waals surface area contributed by atoms with Gasteiger partial charge in [0.2, 0.25) is 0 Å². The van der Waals surface area contributed by atoms with Crippen LogP contribution in [0.1, 0.15) is 46.9 Å². The molecule has 0 bridgehead atoms. The van der Waals surface area contributed by atoms with Gasteiger partial charge >= 0.3 is 0 Å². The molecular formula is C23H26FN3O4S. The Morgan fingerprint density at radius 3 is 2.56 bits per heavy atom. The number of amidine groups is 1. The summed E-state index contributed by atoms with van der Waals surface area (Å²) in [5.41, 5.74) is 6.74. The first-order valence-electron chi connectivity index (χ1n) is 10.5. The lowest BCUT2D eigenvalue weighted by molar-refractivity contribution is 0.0875. The van der Waals surface area contributed by atoms with E-state index in [0.29, 0.717) is 11.3 Å². The van der Waals surface area contributed by atoms with Gasteiger partial charge < -0.3 is 10.5 Å². The monoisotopic (exact) mass is 459 g/mol. The van der Waals surface area contributed by atoms with Gasteiger partial charge in [-0.15, -0.1) is 0 Å². The van der Waals surface area contributed by atoms with Gasteiger partial charge in [-0.1, -0.05) is 12.1 Å². The van der Waals surface area contributed by atoms with Crippen LogP contribution < -0.4 is 5.73 Å². The molecule has 1 saturated heterocycles. The summed E-state index contributed by atoms with van der Waals surface area (Å²) < 4.78 is 45.6. The first-order chi connectivity index (χ1) is 15.1. The van der Waals surface area contributed by atoms with Crippen LogP contribution in [-0.2, 0) is 26.5 Å².